The van der Waals surface area contributed by atoms with E-state index in [1.54, 1.807) is 11.3 Å². The van der Waals surface area contributed by atoms with Gasteiger partial charge < -0.3 is 14.8 Å². The zero-order valence-corrected chi connectivity index (χ0v) is 12.7. The zero-order chi connectivity index (χ0) is 14.2. The highest BCUT2D eigenvalue weighted by Gasteiger charge is 2.02. The lowest BCUT2D eigenvalue weighted by atomic mass is 10.3. The summed E-state index contributed by atoms with van der Waals surface area (Å²) in [7, 11) is 1.92. The first kappa shape index (κ1) is 14.8. The molecule has 0 saturated heterocycles. The van der Waals surface area contributed by atoms with Crippen LogP contribution in [0.3, 0.4) is 0 Å². The lowest BCUT2D eigenvalue weighted by Crippen LogP contribution is -2.06. The molecule has 2 aromatic rings. The number of rotatable bonds is 8. The molecule has 20 heavy (non-hydrogen) atoms. The van der Waals surface area contributed by atoms with E-state index in [9.17, 15) is 0 Å². The van der Waals surface area contributed by atoms with Gasteiger partial charge in [-0.05, 0) is 38.2 Å². The molecule has 5 heteroatoms. The SMILES string of the molecule is CCOc1ccc(OCCc2nc(CNC)cs2)cc1. The standard InChI is InChI=1S/C15H20N2O2S/c1-3-18-13-4-6-14(7-5-13)19-9-8-15-17-12(10-16-2)11-20-15/h4-7,11,16H,3,8-10H2,1-2H3. The fourth-order valence-corrected chi connectivity index (χ4v) is 2.56. The third kappa shape index (κ3) is 4.51. The van der Waals surface area contributed by atoms with Gasteiger partial charge in [-0.15, -0.1) is 11.3 Å². The van der Waals surface area contributed by atoms with Crippen LogP contribution in [-0.2, 0) is 13.0 Å². The molecular formula is C15H20N2O2S. The van der Waals surface area contributed by atoms with Gasteiger partial charge in [-0.25, -0.2) is 4.98 Å². The van der Waals surface area contributed by atoms with E-state index in [0.29, 0.717) is 13.2 Å². The molecule has 0 aliphatic rings. The second-order valence-corrected chi connectivity index (χ2v) is 5.21. The number of thiazole rings is 1. The van der Waals surface area contributed by atoms with E-state index in [0.717, 1.165) is 35.2 Å². The highest BCUT2D eigenvalue weighted by atomic mass is 32.1. The largest absolute Gasteiger partial charge is 0.494 e. The Labute approximate surface area is 123 Å². The minimum Gasteiger partial charge on any atom is -0.494 e. The Hall–Kier alpha value is -1.59. The number of hydrogen-bond donors (Lipinski definition) is 1. The fourth-order valence-electron chi connectivity index (χ4n) is 1.78. The molecule has 1 aromatic carbocycles. The topological polar surface area (TPSA) is 43.4 Å². The average Bonchev–Trinajstić information content (AvgIpc) is 2.89. The van der Waals surface area contributed by atoms with Crippen molar-refractivity contribution in [2.24, 2.45) is 0 Å². The quantitative estimate of drug-likeness (QED) is 0.812. The Kier molecular flexibility index (Phi) is 5.83. The number of benzene rings is 1. The van der Waals surface area contributed by atoms with Crippen molar-refractivity contribution in [2.75, 3.05) is 20.3 Å². The summed E-state index contributed by atoms with van der Waals surface area (Å²) in [5.41, 5.74) is 1.09. The third-order valence-corrected chi connectivity index (χ3v) is 3.63. The number of nitrogens with one attached hydrogen (secondary N) is 1. The maximum Gasteiger partial charge on any atom is 0.119 e. The van der Waals surface area contributed by atoms with Crippen LogP contribution < -0.4 is 14.8 Å². The van der Waals surface area contributed by atoms with Gasteiger partial charge in [-0.3, -0.25) is 0 Å². The van der Waals surface area contributed by atoms with Gasteiger partial charge >= 0.3 is 0 Å². The van der Waals surface area contributed by atoms with Crippen LogP contribution in [0.25, 0.3) is 0 Å². The minimum absolute atomic E-state index is 0.639. The lowest BCUT2D eigenvalue weighted by Gasteiger charge is -2.06. The summed E-state index contributed by atoms with van der Waals surface area (Å²) in [5, 5.41) is 6.29. The maximum atomic E-state index is 5.71. The van der Waals surface area contributed by atoms with Crippen molar-refractivity contribution in [3.05, 3.63) is 40.3 Å². The number of hydrogen-bond acceptors (Lipinski definition) is 5. The van der Waals surface area contributed by atoms with Crippen molar-refractivity contribution in [2.45, 2.75) is 19.9 Å². The Morgan fingerprint density at radius 2 is 1.85 bits per heavy atom. The molecule has 0 saturated carbocycles. The molecule has 0 aliphatic carbocycles. The first-order chi connectivity index (χ1) is 9.81. The molecule has 4 nitrogen and oxygen atoms in total. The molecular weight excluding hydrogens is 272 g/mol. The van der Waals surface area contributed by atoms with Gasteiger partial charge in [0.1, 0.15) is 11.5 Å². The summed E-state index contributed by atoms with van der Waals surface area (Å²) in [6.45, 7) is 4.11. The summed E-state index contributed by atoms with van der Waals surface area (Å²) >= 11 is 1.68. The van der Waals surface area contributed by atoms with E-state index in [1.807, 2.05) is 38.2 Å². The van der Waals surface area contributed by atoms with Crippen LogP contribution in [0.2, 0.25) is 0 Å². The van der Waals surface area contributed by atoms with Crippen molar-refractivity contribution in [3.8, 4) is 11.5 Å². The lowest BCUT2D eigenvalue weighted by molar-refractivity contribution is 0.318. The molecule has 1 aromatic heterocycles. The van der Waals surface area contributed by atoms with Crippen LogP contribution in [-0.4, -0.2) is 25.2 Å². The van der Waals surface area contributed by atoms with Gasteiger partial charge in [0, 0.05) is 18.3 Å². The Bertz CT molecular complexity index is 511. The summed E-state index contributed by atoms with van der Waals surface area (Å²) in [5.74, 6) is 1.73. The average molecular weight is 292 g/mol. The molecule has 0 unspecified atom stereocenters. The molecule has 0 amide bonds. The number of aromatic nitrogens is 1. The summed E-state index contributed by atoms with van der Waals surface area (Å²) in [6.07, 6.45) is 0.835. The van der Waals surface area contributed by atoms with E-state index < -0.39 is 0 Å². The molecule has 1 heterocycles. The zero-order valence-electron chi connectivity index (χ0n) is 11.9. The molecule has 1 N–H and O–H groups in total. The van der Waals surface area contributed by atoms with E-state index in [4.69, 9.17) is 9.47 Å². The third-order valence-electron chi connectivity index (χ3n) is 2.68. The smallest absolute Gasteiger partial charge is 0.119 e. The highest BCUT2D eigenvalue weighted by Crippen LogP contribution is 2.18. The second kappa shape index (κ2) is 7.87. The molecule has 0 radical (unpaired) electrons. The van der Waals surface area contributed by atoms with Crippen molar-refractivity contribution >= 4 is 11.3 Å². The van der Waals surface area contributed by atoms with Gasteiger partial charge in [-0.2, -0.15) is 0 Å². The first-order valence-electron chi connectivity index (χ1n) is 6.75. The van der Waals surface area contributed by atoms with Crippen LogP contribution >= 0.6 is 11.3 Å². The molecule has 0 spiro atoms. The predicted molar refractivity (Wildman–Crippen MR) is 81.7 cm³/mol. The van der Waals surface area contributed by atoms with E-state index in [1.165, 1.54) is 0 Å². The van der Waals surface area contributed by atoms with Crippen LogP contribution in [0, 0.1) is 0 Å². The van der Waals surface area contributed by atoms with Gasteiger partial charge in [0.25, 0.3) is 0 Å². The normalized spacial score (nSPS) is 10.5. The Morgan fingerprint density at radius 3 is 2.50 bits per heavy atom. The Morgan fingerprint density at radius 1 is 1.15 bits per heavy atom. The van der Waals surface area contributed by atoms with Crippen molar-refractivity contribution < 1.29 is 9.47 Å². The molecule has 0 bridgehead atoms. The van der Waals surface area contributed by atoms with Crippen LogP contribution in [0.5, 0.6) is 11.5 Å². The van der Waals surface area contributed by atoms with Crippen molar-refractivity contribution in [1.82, 2.24) is 10.3 Å². The van der Waals surface area contributed by atoms with Crippen LogP contribution in [0.4, 0.5) is 0 Å². The Balaban J connectivity index is 1.76. The van der Waals surface area contributed by atoms with E-state index in [2.05, 4.69) is 15.7 Å². The molecule has 0 atom stereocenters. The van der Waals surface area contributed by atoms with Crippen LogP contribution in [0.1, 0.15) is 17.6 Å². The number of ether oxygens (including phenoxy) is 2. The minimum atomic E-state index is 0.639. The summed E-state index contributed by atoms with van der Waals surface area (Å²) in [4.78, 5) is 4.53. The fraction of sp³-hybridized carbons (Fsp3) is 0.400. The maximum absolute atomic E-state index is 5.71. The first-order valence-corrected chi connectivity index (χ1v) is 7.63. The van der Waals surface area contributed by atoms with Gasteiger partial charge in [0.2, 0.25) is 0 Å². The molecule has 2 rings (SSSR count). The number of nitrogens with zero attached hydrogens (tertiary/aromatic N) is 1. The van der Waals surface area contributed by atoms with E-state index >= 15 is 0 Å². The van der Waals surface area contributed by atoms with Crippen molar-refractivity contribution in [3.63, 3.8) is 0 Å². The summed E-state index contributed by atoms with van der Waals surface area (Å²) < 4.78 is 11.1. The van der Waals surface area contributed by atoms with Crippen LogP contribution in [0.15, 0.2) is 29.6 Å². The molecule has 0 aliphatic heterocycles. The molecule has 0 fully saturated rings. The highest BCUT2D eigenvalue weighted by molar-refractivity contribution is 7.09. The van der Waals surface area contributed by atoms with Gasteiger partial charge in [0.15, 0.2) is 0 Å². The van der Waals surface area contributed by atoms with Gasteiger partial charge in [-0.1, -0.05) is 0 Å². The second-order valence-electron chi connectivity index (χ2n) is 4.27. The molecule has 108 valence electrons. The monoisotopic (exact) mass is 292 g/mol. The van der Waals surface area contributed by atoms with Gasteiger partial charge in [0.05, 0.1) is 23.9 Å². The predicted octanol–water partition coefficient (Wildman–Crippen LogP) is 2.88. The van der Waals surface area contributed by atoms with E-state index in [-0.39, 0.29) is 0 Å². The van der Waals surface area contributed by atoms with Crippen molar-refractivity contribution in [1.29, 1.82) is 0 Å². The summed E-state index contributed by atoms with van der Waals surface area (Å²) in [6, 6.07) is 7.71.